The molecule has 4 rings (SSSR count). The quantitative estimate of drug-likeness (QED) is 0.352. The number of carbonyl (C=O) groups is 2. The minimum absolute atomic E-state index is 0.174. The van der Waals surface area contributed by atoms with Crippen LogP contribution in [0, 0.1) is 0 Å². The maximum Gasteiger partial charge on any atom is 0.335 e. The van der Waals surface area contributed by atoms with Crippen LogP contribution in [0.4, 0.5) is 5.69 Å². The van der Waals surface area contributed by atoms with E-state index in [0.717, 1.165) is 11.1 Å². The fourth-order valence-corrected chi connectivity index (χ4v) is 4.54. The average molecular weight is 523 g/mol. The van der Waals surface area contributed by atoms with Crippen LogP contribution >= 0.6 is 23.4 Å². The summed E-state index contributed by atoms with van der Waals surface area (Å²) in [6.07, 6.45) is 1.78. The first-order chi connectivity index (χ1) is 17.4. The fourth-order valence-electron chi connectivity index (χ4n) is 3.36. The van der Waals surface area contributed by atoms with Crippen LogP contribution in [0.3, 0.4) is 0 Å². The Morgan fingerprint density at radius 1 is 1.08 bits per heavy atom. The lowest BCUT2D eigenvalue weighted by molar-refractivity contribution is -0.121. The van der Waals surface area contributed by atoms with E-state index in [1.807, 2.05) is 43.3 Å². The molecular weight excluding hydrogens is 500 g/mol. The van der Waals surface area contributed by atoms with Gasteiger partial charge in [-0.3, -0.25) is 9.69 Å². The second-order valence-electron chi connectivity index (χ2n) is 7.74. The first-order valence-electron chi connectivity index (χ1n) is 11.1. The molecule has 184 valence electrons. The van der Waals surface area contributed by atoms with Gasteiger partial charge < -0.3 is 14.6 Å². The molecular formula is C27H23ClN2O5S. The Balaban J connectivity index is 1.53. The Morgan fingerprint density at radius 2 is 1.83 bits per heavy atom. The van der Waals surface area contributed by atoms with Crippen molar-refractivity contribution in [1.82, 2.24) is 4.90 Å². The van der Waals surface area contributed by atoms with Crippen molar-refractivity contribution in [2.45, 2.75) is 13.5 Å². The smallest absolute Gasteiger partial charge is 0.335 e. The number of carboxylic acids is 1. The third kappa shape index (κ3) is 5.90. The number of carboxylic acid groups (broad SMARTS) is 1. The molecule has 0 unspecified atom stereocenters. The van der Waals surface area contributed by atoms with Crippen molar-refractivity contribution < 1.29 is 24.2 Å². The van der Waals surface area contributed by atoms with Gasteiger partial charge in [-0.15, -0.1) is 0 Å². The SMILES string of the molecule is CCOc1cc(C=C2SC(=Nc3ccc(C(=O)O)cc3)N(C)C2=O)ccc1OCc1ccccc1Cl. The van der Waals surface area contributed by atoms with Crippen molar-refractivity contribution in [3.8, 4) is 11.5 Å². The fraction of sp³-hybridized carbons (Fsp3) is 0.148. The van der Waals surface area contributed by atoms with Crippen LogP contribution in [0.1, 0.15) is 28.4 Å². The molecule has 1 saturated heterocycles. The molecule has 1 fully saturated rings. The Hall–Kier alpha value is -3.75. The van der Waals surface area contributed by atoms with Crippen molar-refractivity contribution >= 4 is 52.2 Å². The Morgan fingerprint density at radius 3 is 2.53 bits per heavy atom. The highest BCUT2D eigenvalue weighted by Gasteiger charge is 2.30. The zero-order valence-electron chi connectivity index (χ0n) is 19.6. The summed E-state index contributed by atoms with van der Waals surface area (Å²) in [5.41, 5.74) is 2.38. The molecule has 0 aliphatic carbocycles. The Bertz CT molecular complexity index is 1350. The van der Waals surface area contributed by atoms with Crippen LogP contribution in [0.2, 0.25) is 5.02 Å². The lowest BCUT2D eigenvalue weighted by atomic mass is 10.1. The molecule has 0 spiro atoms. The van der Waals surface area contributed by atoms with E-state index in [4.69, 9.17) is 26.2 Å². The number of amides is 1. The maximum absolute atomic E-state index is 12.8. The van der Waals surface area contributed by atoms with Crippen molar-refractivity contribution in [1.29, 1.82) is 0 Å². The van der Waals surface area contributed by atoms with Gasteiger partial charge in [0.1, 0.15) is 6.61 Å². The molecule has 1 aliphatic rings. The van der Waals surface area contributed by atoms with Gasteiger partial charge in [-0.2, -0.15) is 0 Å². The second-order valence-corrected chi connectivity index (χ2v) is 9.16. The van der Waals surface area contributed by atoms with E-state index in [0.29, 0.717) is 45.5 Å². The summed E-state index contributed by atoms with van der Waals surface area (Å²) in [7, 11) is 1.65. The molecule has 0 saturated carbocycles. The number of aromatic carboxylic acids is 1. The van der Waals surface area contributed by atoms with Crippen molar-refractivity contribution in [3.63, 3.8) is 0 Å². The predicted octanol–water partition coefficient (Wildman–Crippen LogP) is 6.25. The highest BCUT2D eigenvalue weighted by atomic mass is 35.5. The third-order valence-corrected chi connectivity index (χ3v) is 6.68. The van der Waals surface area contributed by atoms with Crippen molar-refractivity contribution in [3.05, 3.63) is 93.3 Å². The number of hydrogen-bond donors (Lipinski definition) is 1. The minimum Gasteiger partial charge on any atom is -0.490 e. The van der Waals surface area contributed by atoms with Gasteiger partial charge in [-0.25, -0.2) is 9.79 Å². The van der Waals surface area contributed by atoms with Crippen LogP contribution in [0.25, 0.3) is 6.08 Å². The van der Waals surface area contributed by atoms with Crippen LogP contribution in [-0.2, 0) is 11.4 Å². The van der Waals surface area contributed by atoms with Crippen molar-refractivity contribution in [2.75, 3.05) is 13.7 Å². The normalized spacial score (nSPS) is 15.5. The number of benzene rings is 3. The summed E-state index contributed by atoms with van der Waals surface area (Å²) in [5.74, 6) is -0.0461. The third-order valence-electron chi connectivity index (χ3n) is 5.25. The standard InChI is InChI=1S/C27H23ClN2O5S/c1-3-34-23-14-17(8-13-22(23)35-16-19-6-4-5-7-21(19)28)15-24-25(31)30(2)27(36-24)29-20-11-9-18(10-12-20)26(32)33/h4-15H,3,16H2,1-2H3,(H,32,33). The summed E-state index contributed by atoms with van der Waals surface area (Å²) in [4.78, 5) is 30.3. The molecule has 1 N–H and O–H groups in total. The van der Waals surface area contributed by atoms with Gasteiger partial charge in [0, 0.05) is 17.6 Å². The molecule has 1 heterocycles. The highest BCUT2D eigenvalue weighted by molar-refractivity contribution is 8.18. The minimum atomic E-state index is -1.01. The van der Waals surface area contributed by atoms with Crippen LogP contribution in [0.5, 0.6) is 11.5 Å². The lowest BCUT2D eigenvalue weighted by Crippen LogP contribution is -2.23. The zero-order valence-corrected chi connectivity index (χ0v) is 21.2. The van der Waals surface area contributed by atoms with Crippen LogP contribution in [-0.4, -0.2) is 40.7 Å². The zero-order chi connectivity index (χ0) is 25.7. The van der Waals surface area contributed by atoms with E-state index in [9.17, 15) is 9.59 Å². The number of amidine groups is 1. The average Bonchev–Trinajstić information content (AvgIpc) is 3.12. The number of carbonyl (C=O) groups excluding carboxylic acids is 1. The van der Waals surface area contributed by atoms with Gasteiger partial charge in [-0.1, -0.05) is 35.9 Å². The number of hydrogen-bond acceptors (Lipinski definition) is 6. The summed E-state index contributed by atoms with van der Waals surface area (Å²) in [6.45, 7) is 2.64. The topological polar surface area (TPSA) is 88.4 Å². The maximum atomic E-state index is 12.8. The molecule has 7 nitrogen and oxygen atoms in total. The first-order valence-corrected chi connectivity index (χ1v) is 12.3. The second kappa shape index (κ2) is 11.3. The number of aliphatic imine (C=N–C) groups is 1. The molecule has 0 radical (unpaired) electrons. The monoisotopic (exact) mass is 522 g/mol. The summed E-state index contributed by atoms with van der Waals surface area (Å²) < 4.78 is 11.7. The summed E-state index contributed by atoms with van der Waals surface area (Å²) in [6, 6.07) is 19.1. The summed E-state index contributed by atoms with van der Waals surface area (Å²) in [5, 5.41) is 10.2. The van der Waals surface area contributed by atoms with Crippen molar-refractivity contribution in [2.24, 2.45) is 4.99 Å². The van der Waals surface area contributed by atoms with Gasteiger partial charge >= 0.3 is 5.97 Å². The molecule has 1 amide bonds. The number of halogens is 1. The lowest BCUT2D eigenvalue weighted by Gasteiger charge is -2.13. The predicted molar refractivity (Wildman–Crippen MR) is 142 cm³/mol. The summed E-state index contributed by atoms with van der Waals surface area (Å²) >= 11 is 7.47. The highest BCUT2D eigenvalue weighted by Crippen LogP contribution is 2.35. The number of likely N-dealkylation sites (N-methyl/N-ethyl adjacent to an activating group) is 1. The molecule has 0 aromatic heterocycles. The molecule has 36 heavy (non-hydrogen) atoms. The Labute approximate surface area is 218 Å². The van der Waals surface area contributed by atoms with Gasteiger partial charge in [0.2, 0.25) is 0 Å². The molecule has 0 bridgehead atoms. The molecule has 1 aliphatic heterocycles. The van der Waals surface area contributed by atoms with Gasteiger partial charge in [-0.05, 0) is 72.8 Å². The number of thioether (sulfide) groups is 1. The van der Waals surface area contributed by atoms with Gasteiger partial charge in [0.25, 0.3) is 5.91 Å². The van der Waals surface area contributed by atoms with E-state index in [2.05, 4.69) is 4.99 Å². The first kappa shape index (κ1) is 25.3. The van der Waals surface area contributed by atoms with E-state index in [1.54, 1.807) is 31.3 Å². The number of ether oxygens (including phenoxy) is 2. The largest absolute Gasteiger partial charge is 0.490 e. The van der Waals surface area contributed by atoms with E-state index in [-0.39, 0.29) is 11.5 Å². The van der Waals surface area contributed by atoms with E-state index < -0.39 is 5.97 Å². The van der Waals surface area contributed by atoms with Crippen LogP contribution < -0.4 is 9.47 Å². The molecule has 3 aromatic carbocycles. The Kier molecular flexibility index (Phi) is 7.97. The van der Waals surface area contributed by atoms with Gasteiger partial charge in [0.15, 0.2) is 16.7 Å². The number of nitrogens with zero attached hydrogens (tertiary/aromatic N) is 2. The van der Waals surface area contributed by atoms with Gasteiger partial charge in [0.05, 0.1) is 22.8 Å². The molecule has 3 aromatic rings. The van der Waals surface area contributed by atoms with E-state index in [1.165, 1.54) is 28.8 Å². The molecule has 9 heteroatoms. The van der Waals surface area contributed by atoms with E-state index >= 15 is 0 Å². The number of rotatable bonds is 8. The van der Waals surface area contributed by atoms with Crippen LogP contribution in [0.15, 0.2) is 76.6 Å². The molecule has 0 atom stereocenters.